The Bertz CT molecular complexity index is 789. The van der Waals surface area contributed by atoms with Gasteiger partial charge < -0.3 is 25.6 Å². The Labute approximate surface area is 204 Å². The number of hydrogen-bond donors (Lipinski definition) is 3. The molecular formula is C22H35ClN4O7. The average Bonchev–Trinajstić information content (AvgIpc) is 3.29. The van der Waals surface area contributed by atoms with Crippen LogP contribution in [0, 0.1) is 5.92 Å². The van der Waals surface area contributed by atoms with Crippen LogP contribution in [-0.4, -0.2) is 84.0 Å². The van der Waals surface area contributed by atoms with Gasteiger partial charge in [0.05, 0.1) is 25.5 Å². The van der Waals surface area contributed by atoms with Crippen molar-refractivity contribution in [3.05, 3.63) is 0 Å². The van der Waals surface area contributed by atoms with Crippen molar-refractivity contribution in [3.8, 4) is 0 Å². The third-order valence-corrected chi connectivity index (χ3v) is 5.83. The Morgan fingerprint density at radius 2 is 1.62 bits per heavy atom. The summed E-state index contributed by atoms with van der Waals surface area (Å²) in [6, 6.07) is -3.39. The number of hydrogen-bond acceptors (Lipinski definition) is 7. The molecule has 0 unspecified atom stereocenters. The van der Waals surface area contributed by atoms with E-state index in [1.54, 1.807) is 13.8 Å². The van der Waals surface area contributed by atoms with Crippen molar-refractivity contribution in [2.75, 3.05) is 19.5 Å². The number of nitrogens with zero attached hydrogens (tertiary/aromatic N) is 1. The summed E-state index contributed by atoms with van der Waals surface area (Å²) in [4.78, 5) is 74.7. The topological polar surface area (TPSA) is 151 Å². The van der Waals surface area contributed by atoms with Crippen LogP contribution < -0.4 is 16.0 Å². The second kappa shape index (κ2) is 13.9. The van der Waals surface area contributed by atoms with Gasteiger partial charge in [0.25, 0.3) is 0 Å². The number of carbonyl (C=O) groups excluding carboxylic acids is 6. The van der Waals surface area contributed by atoms with Gasteiger partial charge in [0, 0.05) is 13.0 Å². The molecule has 1 rings (SSSR count). The molecule has 1 aliphatic heterocycles. The Balaban J connectivity index is 2.68. The first kappa shape index (κ1) is 29.3. The van der Waals surface area contributed by atoms with E-state index in [2.05, 4.69) is 20.7 Å². The van der Waals surface area contributed by atoms with Gasteiger partial charge >= 0.3 is 5.97 Å². The lowest BCUT2D eigenvalue weighted by Gasteiger charge is -2.29. The van der Waals surface area contributed by atoms with Crippen LogP contribution in [0.2, 0.25) is 0 Å². The highest BCUT2D eigenvalue weighted by Gasteiger charge is 2.38. The highest BCUT2D eigenvalue weighted by Crippen LogP contribution is 2.19. The molecule has 1 aliphatic rings. The number of carbonyl (C=O) groups is 6. The second-order valence-corrected chi connectivity index (χ2v) is 8.88. The summed E-state index contributed by atoms with van der Waals surface area (Å²) in [6.45, 7) is 6.87. The maximum Gasteiger partial charge on any atom is 0.306 e. The number of likely N-dealkylation sites (tertiary alicyclic amines) is 1. The van der Waals surface area contributed by atoms with Gasteiger partial charge in [-0.3, -0.25) is 28.8 Å². The van der Waals surface area contributed by atoms with Gasteiger partial charge in [0.1, 0.15) is 18.1 Å². The molecule has 0 spiro atoms. The summed E-state index contributed by atoms with van der Waals surface area (Å²) in [5.41, 5.74) is 0. The molecule has 3 N–H and O–H groups in total. The van der Waals surface area contributed by atoms with Crippen LogP contribution in [-0.2, 0) is 33.5 Å². The number of nitrogens with one attached hydrogen (secondary N) is 3. The number of esters is 1. The number of Topliss-reactive ketones (excluding diaryl/α,β-unsaturated/α-hetero) is 1. The van der Waals surface area contributed by atoms with Crippen molar-refractivity contribution in [2.24, 2.45) is 5.92 Å². The van der Waals surface area contributed by atoms with Gasteiger partial charge in [-0.15, -0.1) is 11.6 Å². The van der Waals surface area contributed by atoms with Crippen LogP contribution in [0.1, 0.15) is 53.4 Å². The molecule has 192 valence electrons. The van der Waals surface area contributed by atoms with E-state index in [-0.39, 0.29) is 30.4 Å². The fourth-order valence-corrected chi connectivity index (χ4v) is 3.77. The van der Waals surface area contributed by atoms with Gasteiger partial charge in [0.2, 0.25) is 23.6 Å². The van der Waals surface area contributed by atoms with Gasteiger partial charge in [-0.05, 0) is 32.6 Å². The number of amides is 4. The maximum atomic E-state index is 13.0. The smallest absolute Gasteiger partial charge is 0.306 e. The summed E-state index contributed by atoms with van der Waals surface area (Å²) >= 11 is 5.65. The summed E-state index contributed by atoms with van der Waals surface area (Å²) in [5.74, 6) is -3.20. The van der Waals surface area contributed by atoms with E-state index in [0.717, 1.165) is 0 Å². The number of ether oxygens (including phenoxy) is 1. The van der Waals surface area contributed by atoms with Crippen LogP contribution in [0.25, 0.3) is 0 Å². The normalized spacial score (nSPS) is 18.0. The lowest BCUT2D eigenvalue weighted by molar-refractivity contribution is -0.142. The minimum absolute atomic E-state index is 0.113. The summed E-state index contributed by atoms with van der Waals surface area (Å²) in [6.07, 6.45) is 0.794. The van der Waals surface area contributed by atoms with Crippen molar-refractivity contribution in [2.45, 2.75) is 77.5 Å². The number of halogens is 1. The van der Waals surface area contributed by atoms with E-state index in [9.17, 15) is 28.8 Å². The Morgan fingerprint density at radius 3 is 2.18 bits per heavy atom. The summed E-state index contributed by atoms with van der Waals surface area (Å²) in [7, 11) is 1.21. The van der Waals surface area contributed by atoms with Crippen LogP contribution in [0.15, 0.2) is 0 Å². The van der Waals surface area contributed by atoms with Crippen LogP contribution in [0.3, 0.4) is 0 Å². The highest BCUT2D eigenvalue weighted by atomic mass is 35.5. The van der Waals surface area contributed by atoms with Gasteiger partial charge in [-0.2, -0.15) is 0 Å². The predicted molar refractivity (Wildman–Crippen MR) is 124 cm³/mol. The zero-order valence-corrected chi connectivity index (χ0v) is 21.1. The first-order valence-electron chi connectivity index (χ1n) is 11.3. The molecule has 0 saturated carbocycles. The SMILES string of the molecule is COC(=O)CCC(=O)N[C@@H](C)C(=O)N[C@@H](C)C(=O)N1CCC[C@H]1C(=O)N[C@@H](C(=O)CCl)C(C)C. The third kappa shape index (κ3) is 8.58. The van der Waals surface area contributed by atoms with E-state index in [4.69, 9.17) is 11.6 Å². The largest absolute Gasteiger partial charge is 0.469 e. The van der Waals surface area contributed by atoms with Crippen molar-refractivity contribution in [1.82, 2.24) is 20.9 Å². The predicted octanol–water partition coefficient (Wildman–Crippen LogP) is -0.111. The molecule has 0 bridgehead atoms. The molecule has 1 heterocycles. The molecule has 1 fully saturated rings. The molecule has 1 saturated heterocycles. The molecule has 0 aromatic carbocycles. The van der Waals surface area contributed by atoms with Crippen molar-refractivity contribution in [3.63, 3.8) is 0 Å². The van der Waals surface area contributed by atoms with Crippen molar-refractivity contribution < 1.29 is 33.5 Å². The molecule has 4 atom stereocenters. The monoisotopic (exact) mass is 502 g/mol. The molecule has 0 radical (unpaired) electrons. The van der Waals surface area contributed by atoms with Crippen molar-refractivity contribution in [1.29, 1.82) is 0 Å². The fourth-order valence-electron chi connectivity index (χ4n) is 3.60. The quantitative estimate of drug-likeness (QED) is 0.249. The number of methoxy groups -OCH3 is 1. The van der Waals surface area contributed by atoms with Crippen LogP contribution in [0.4, 0.5) is 0 Å². The van der Waals surface area contributed by atoms with Gasteiger partial charge in [-0.1, -0.05) is 13.8 Å². The average molecular weight is 503 g/mol. The van der Waals surface area contributed by atoms with E-state index >= 15 is 0 Å². The van der Waals surface area contributed by atoms with Crippen molar-refractivity contribution >= 4 is 47.0 Å². The first-order valence-corrected chi connectivity index (χ1v) is 11.8. The molecule has 0 aliphatic carbocycles. The molecule has 4 amide bonds. The van der Waals surface area contributed by atoms with Crippen LogP contribution >= 0.6 is 11.6 Å². The summed E-state index contributed by atoms with van der Waals surface area (Å²) in [5, 5.41) is 7.70. The lowest BCUT2D eigenvalue weighted by atomic mass is 10.00. The van der Waals surface area contributed by atoms with E-state index < -0.39 is 53.8 Å². The second-order valence-electron chi connectivity index (χ2n) is 8.62. The number of rotatable bonds is 12. The minimum atomic E-state index is -0.944. The molecular weight excluding hydrogens is 468 g/mol. The minimum Gasteiger partial charge on any atom is -0.469 e. The van der Waals surface area contributed by atoms with E-state index in [0.29, 0.717) is 19.4 Å². The van der Waals surface area contributed by atoms with E-state index in [1.807, 2.05) is 0 Å². The highest BCUT2D eigenvalue weighted by molar-refractivity contribution is 6.28. The summed E-state index contributed by atoms with van der Waals surface area (Å²) < 4.78 is 4.46. The molecule has 0 aromatic rings. The Morgan fingerprint density at radius 1 is 0.971 bits per heavy atom. The zero-order valence-electron chi connectivity index (χ0n) is 20.3. The fraction of sp³-hybridized carbons (Fsp3) is 0.727. The Kier molecular flexibility index (Phi) is 12.0. The van der Waals surface area contributed by atoms with Gasteiger partial charge in [0.15, 0.2) is 5.78 Å². The number of alkyl halides is 1. The standard InChI is InChI=1S/C22H35ClN4O7/c1-12(2)19(16(28)11-23)26-21(32)15-7-6-10-27(15)22(33)14(4)25-20(31)13(3)24-17(29)8-9-18(30)34-5/h12-15,19H,6-11H2,1-5H3,(H,24,29)(H,25,31)(H,26,32)/t13-,14-,15-,19+/m0/s1. The van der Waals surface area contributed by atoms with Crippen LogP contribution in [0.5, 0.6) is 0 Å². The number of ketones is 1. The van der Waals surface area contributed by atoms with E-state index in [1.165, 1.54) is 25.9 Å². The first-order chi connectivity index (χ1) is 15.9. The molecule has 0 aromatic heterocycles. The zero-order chi connectivity index (χ0) is 26.0. The lowest BCUT2D eigenvalue weighted by Crippen LogP contribution is -2.56. The molecule has 11 nitrogen and oxygen atoms in total. The molecule has 12 heteroatoms. The maximum absolute atomic E-state index is 13.0. The molecule has 34 heavy (non-hydrogen) atoms. The van der Waals surface area contributed by atoms with Gasteiger partial charge in [-0.25, -0.2) is 0 Å². The Hall–Kier alpha value is -2.69. The third-order valence-electron chi connectivity index (χ3n) is 5.57.